The van der Waals surface area contributed by atoms with Gasteiger partial charge in [0.1, 0.15) is 0 Å². The number of benzene rings is 3. The molecule has 0 saturated carbocycles. The molecule has 0 radical (unpaired) electrons. The quantitative estimate of drug-likeness (QED) is 0.494. The van der Waals surface area contributed by atoms with Crippen LogP contribution in [0.2, 0.25) is 0 Å². The van der Waals surface area contributed by atoms with Gasteiger partial charge in [-0.1, -0.05) is 84.9 Å². The van der Waals surface area contributed by atoms with Crippen molar-refractivity contribution in [2.75, 3.05) is 13.2 Å². The number of carbonyl (C=O) groups is 2. The second-order valence-electron chi connectivity index (χ2n) is 9.60. The maximum atomic E-state index is 13.0. The third kappa shape index (κ3) is 4.54. The van der Waals surface area contributed by atoms with Crippen molar-refractivity contribution < 1.29 is 19.8 Å². The molecule has 2 heterocycles. The molecule has 186 valence electrons. The van der Waals surface area contributed by atoms with Crippen LogP contribution >= 0.6 is 0 Å². The first-order chi connectivity index (χ1) is 17.6. The van der Waals surface area contributed by atoms with Crippen LogP contribution in [0.3, 0.4) is 0 Å². The molecule has 3 aromatic rings. The molecule has 5 rings (SSSR count). The van der Waals surface area contributed by atoms with Gasteiger partial charge in [-0.15, -0.1) is 0 Å². The molecular formula is C30H32N2O4. The molecule has 0 unspecified atom stereocenters. The first-order valence-electron chi connectivity index (χ1n) is 12.7. The van der Waals surface area contributed by atoms with E-state index >= 15 is 0 Å². The molecule has 36 heavy (non-hydrogen) atoms. The number of aliphatic hydroxyl groups excluding tert-OH is 2. The van der Waals surface area contributed by atoms with Gasteiger partial charge in [-0.2, -0.15) is 0 Å². The number of rotatable bonds is 8. The lowest BCUT2D eigenvalue weighted by molar-refractivity contribution is -0.133. The van der Waals surface area contributed by atoms with Gasteiger partial charge in [0.25, 0.3) is 0 Å². The Morgan fingerprint density at radius 1 is 0.639 bits per heavy atom. The maximum Gasteiger partial charge on any atom is 0.223 e. The summed E-state index contributed by atoms with van der Waals surface area (Å²) in [5, 5.41) is 20.5. The van der Waals surface area contributed by atoms with Gasteiger partial charge in [0.05, 0.1) is 37.4 Å². The maximum absolute atomic E-state index is 13.0. The summed E-state index contributed by atoms with van der Waals surface area (Å²) in [6.07, 6.45) is 2.24. The van der Waals surface area contributed by atoms with Crippen molar-refractivity contribution in [1.82, 2.24) is 9.80 Å². The molecular weight excluding hydrogens is 452 g/mol. The number of aliphatic hydroxyl groups is 2. The van der Waals surface area contributed by atoms with E-state index in [1.807, 2.05) is 88.7 Å². The third-order valence-corrected chi connectivity index (χ3v) is 7.58. The molecule has 2 N–H and O–H groups in total. The van der Waals surface area contributed by atoms with Crippen LogP contribution in [-0.2, 0) is 9.59 Å². The summed E-state index contributed by atoms with van der Waals surface area (Å²) in [6.45, 7) is -0.293. The van der Waals surface area contributed by atoms with Crippen LogP contribution in [0, 0.1) is 0 Å². The summed E-state index contributed by atoms with van der Waals surface area (Å²) in [4.78, 5) is 29.6. The van der Waals surface area contributed by atoms with Crippen LogP contribution in [0.1, 0.15) is 72.1 Å². The van der Waals surface area contributed by atoms with Crippen LogP contribution in [-0.4, -0.2) is 45.0 Å². The van der Waals surface area contributed by atoms with Gasteiger partial charge in [-0.05, 0) is 35.1 Å². The zero-order valence-electron chi connectivity index (χ0n) is 20.2. The molecule has 0 spiro atoms. The largest absolute Gasteiger partial charge is 0.394 e. The van der Waals surface area contributed by atoms with Gasteiger partial charge in [-0.3, -0.25) is 9.59 Å². The third-order valence-electron chi connectivity index (χ3n) is 7.58. The van der Waals surface area contributed by atoms with Crippen molar-refractivity contribution in [2.45, 2.75) is 49.9 Å². The van der Waals surface area contributed by atoms with Gasteiger partial charge in [0.15, 0.2) is 0 Å². The summed E-state index contributed by atoms with van der Waals surface area (Å²) >= 11 is 0. The summed E-state index contributed by atoms with van der Waals surface area (Å²) in [5.74, 6) is 0.0748. The van der Waals surface area contributed by atoms with E-state index in [-0.39, 0.29) is 37.1 Å². The molecule has 0 aliphatic carbocycles. The van der Waals surface area contributed by atoms with Crippen molar-refractivity contribution in [3.63, 3.8) is 0 Å². The molecule has 6 nitrogen and oxygen atoms in total. The fourth-order valence-electron chi connectivity index (χ4n) is 5.87. The molecule has 2 aliphatic heterocycles. The zero-order valence-corrected chi connectivity index (χ0v) is 20.2. The number of hydrogen-bond acceptors (Lipinski definition) is 4. The monoisotopic (exact) mass is 484 g/mol. The number of likely N-dealkylation sites (tertiary alicyclic amines) is 2. The Morgan fingerprint density at radius 3 is 1.44 bits per heavy atom. The van der Waals surface area contributed by atoms with Gasteiger partial charge in [0.2, 0.25) is 11.8 Å². The highest BCUT2D eigenvalue weighted by molar-refractivity contribution is 5.80. The first kappa shape index (κ1) is 24.2. The lowest BCUT2D eigenvalue weighted by Crippen LogP contribution is -2.35. The summed E-state index contributed by atoms with van der Waals surface area (Å²) in [7, 11) is 0. The van der Waals surface area contributed by atoms with E-state index in [9.17, 15) is 19.8 Å². The van der Waals surface area contributed by atoms with Crippen molar-refractivity contribution in [3.8, 4) is 0 Å². The Labute approximate surface area is 211 Å². The van der Waals surface area contributed by atoms with Crippen molar-refractivity contribution in [2.24, 2.45) is 0 Å². The van der Waals surface area contributed by atoms with Crippen LogP contribution in [0.5, 0.6) is 0 Å². The van der Waals surface area contributed by atoms with Gasteiger partial charge in [-0.25, -0.2) is 0 Å². The van der Waals surface area contributed by atoms with Gasteiger partial charge < -0.3 is 20.0 Å². The lowest BCUT2D eigenvalue weighted by Gasteiger charge is -2.35. The molecule has 2 amide bonds. The van der Waals surface area contributed by atoms with E-state index in [4.69, 9.17) is 0 Å². The van der Waals surface area contributed by atoms with E-state index in [2.05, 4.69) is 6.07 Å². The van der Waals surface area contributed by atoms with E-state index in [0.717, 1.165) is 22.3 Å². The van der Waals surface area contributed by atoms with Gasteiger partial charge >= 0.3 is 0 Å². The number of amides is 2. The van der Waals surface area contributed by atoms with Gasteiger partial charge in [0, 0.05) is 12.8 Å². The number of carbonyl (C=O) groups excluding carboxylic acids is 2. The fraction of sp³-hybridized carbons (Fsp3) is 0.333. The Balaban J connectivity index is 1.46. The highest BCUT2D eigenvalue weighted by Crippen LogP contribution is 2.43. The Hall–Kier alpha value is -3.48. The second-order valence-corrected chi connectivity index (χ2v) is 9.60. The highest BCUT2D eigenvalue weighted by atomic mass is 16.3. The lowest BCUT2D eigenvalue weighted by atomic mass is 9.95. The predicted octanol–water partition coefficient (Wildman–Crippen LogP) is 4.48. The molecule has 4 atom stereocenters. The topological polar surface area (TPSA) is 81.1 Å². The minimum atomic E-state index is -0.406. The van der Waals surface area contributed by atoms with E-state index in [0.29, 0.717) is 25.7 Å². The zero-order chi connectivity index (χ0) is 25.1. The molecule has 0 aromatic heterocycles. The molecule has 0 bridgehead atoms. The average molecular weight is 485 g/mol. The van der Waals surface area contributed by atoms with Crippen LogP contribution < -0.4 is 0 Å². The summed E-state index contributed by atoms with van der Waals surface area (Å²) < 4.78 is 0. The standard InChI is InChI=1S/C30H32N2O4/c33-19-27(21-8-3-1-4-9-21)31-25(14-16-29(31)35)23-12-7-13-24(18-23)26-15-17-30(36)32(26)28(20-34)22-10-5-2-6-11-22/h1-13,18,25-28,33-34H,14-17,19-20H2/t25-,26-,27-,28-/m0/s1. The molecule has 2 fully saturated rings. The summed E-state index contributed by atoms with van der Waals surface area (Å²) in [6, 6.07) is 26.3. The average Bonchev–Trinajstić information content (AvgIpc) is 3.49. The van der Waals surface area contributed by atoms with Crippen LogP contribution in [0.15, 0.2) is 84.9 Å². The highest BCUT2D eigenvalue weighted by Gasteiger charge is 2.40. The normalized spacial score (nSPS) is 21.7. The first-order valence-corrected chi connectivity index (χ1v) is 12.7. The molecule has 3 aromatic carbocycles. The van der Waals surface area contributed by atoms with E-state index in [1.54, 1.807) is 0 Å². The minimum Gasteiger partial charge on any atom is -0.394 e. The molecule has 6 heteroatoms. The van der Waals surface area contributed by atoms with Crippen molar-refractivity contribution in [3.05, 3.63) is 107 Å². The number of nitrogens with zero attached hydrogens (tertiary/aromatic N) is 2. The van der Waals surface area contributed by atoms with Crippen LogP contribution in [0.4, 0.5) is 0 Å². The Kier molecular flexibility index (Phi) is 7.16. The summed E-state index contributed by atoms with van der Waals surface area (Å²) in [5.41, 5.74) is 3.84. The minimum absolute atomic E-state index is 0.0374. The molecule has 2 saturated heterocycles. The Morgan fingerprint density at radius 2 is 1.06 bits per heavy atom. The van der Waals surface area contributed by atoms with Crippen molar-refractivity contribution >= 4 is 11.8 Å². The number of hydrogen-bond donors (Lipinski definition) is 2. The Bertz CT molecular complexity index is 1110. The predicted molar refractivity (Wildman–Crippen MR) is 137 cm³/mol. The molecule has 2 aliphatic rings. The fourth-order valence-corrected chi connectivity index (χ4v) is 5.87. The van der Waals surface area contributed by atoms with Crippen LogP contribution in [0.25, 0.3) is 0 Å². The smallest absolute Gasteiger partial charge is 0.223 e. The van der Waals surface area contributed by atoms with E-state index < -0.39 is 12.1 Å². The second kappa shape index (κ2) is 10.6. The SMILES string of the molecule is O=C1CC[C@@H](c2cccc([C@@H]3CCC(=O)N3[C@@H](CO)c3ccccc3)c2)N1[C@@H](CO)c1ccccc1. The van der Waals surface area contributed by atoms with Crippen molar-refractivity contribution in [1.29, 1.82) is 0 Å². The van der Waals surface area contributed by atoms with E-state index in [1.165, 1.54) is 0 Å².